The van der Waals surface area contributed by atoms with Crippen LogP contribution in [-0.2, 0) is 19.2 Å². The molecule has 0 saturated carbocycles. The minimum absolute atomic E-state index is 0.143. The second-order valence-corrected chi connectivity index (χ2v) is 7.33. The summed E-state index contributed by atoms with van der Waals surface area (Å²) < 4.78 is 0. The Labute approximate surface area is 161 Å². The summed E-state index contributed by atoms with van der Waals surface area (Å²) in [5.74, 6) is 0.00209. The first-order valence-electron chi connectivity index (χ1n) is 7.40. The number of nitrogens with zero attached hydrogens (tertiary/aromatic N) is 3. The fourth-order valence-electron chi connectivity index (χ4n) is 2.63. The number of carbonyl (C=O) groups excluding carboxylic acids is 2. The molecule has 10 nitrogen and oxygen atoms in total. The first kappa shape index (κ1) is 18.7. The standard InChI is InChI=1S/C15H13N5O5S2/c1-3-6-4-26-13-9(12(22)20(13)10(6)14(23)24)18-11(21)8(19-25-2)7-5-27-15(16)17-7/h1,5,9,13H,4H2,2H3,(H2,16,17)(H,18,21)(H,23,24)/t9?,13-/m1/s1. The highest BCUT2D eigenvalue weighted by molar-refractivity contribution is 8.00. The molecular weight excluding hydrogens is 394 g/mol. The highest BCUT2D eigenvalue weighted by Crippen LogP contribution is 2.40. The van der Waals surface area contributed by atoms with Crippen molar-refractivity contribution in [2.45, 2.75) is 11.4 Å². The van der Waals surface area contributed by atoms with E-state index in [0.29, 0.717) is 0 Å². The Morgan fingerprint density at radius 2 is 2.33 bits per heavy atom. The number of thiazole rings is 1. The van der Waals surface area contributed by atoms with Gasteiger partial charge in [0, 0.05) is 16.7 Å². The first-order chi connectivity index (χ1) is 12.9. The number of nitrogen functional groups attached to an aromatic ring is 1. The third-order valence-corrected chi connectivity index (χ3v) is 5.75. The van der Waals surface area contributed by atoms with Crippen LogP contribution in [-0.4, -0.2) is 62.8 Å². The molecule has 2 aliphatic heterocycles. The van der Waals surface area contributed by atoms with Crippen LogP contribution in [0.4, 0.5) is 5.13 Å². The zero-order valence-electron chi connectivity index (χ0n) is 13.8. The number of fused-ring (bicyclic) bond motifs is 1. The van der Waals surface area contributed by atoms with Crippen molar-refractivity contribution in [3.8, 4) is 12.3 Å². The smallest absolute Gasteiger partial charge is 0.353 e. The maximum atomic E-state index is 12.6. The molecule has 0 aliphatic carbocycles. The van der Waals surface area contributed by atoms with Crippen LogP contribution < -0.4 is 11.1 Å². The fourth-order valence-corrected chi connectivity index (χ4v) is 4.47. The molecule has 0 radical (unpaired) electrons. The molecule has 0 spiro atoms. The van der Waals surface area contributed by atoms with Gasteiger partial charge in [0.2, 0.25) is 0 Å². The van der Waals surface area contributed by atoms with Gasteiger partial charge in [0.1, 0.15) is 29.9 Å². The van der Waals surface area contributed by atoms with E-state index in [-0.39, 0.29) is 33.6 Å². The molecule has 1 saturated heterocycles. The number of oxime groups is 1. The Balaban J connectivity index is 1.80. The summed E-state index contributed by atoms with van der Waals surface area (Å²) in [6.45, 7) is 0. The molecule has 12 heteroatoms. The number of hydrogen-bond acceptors (Lipinski definition) is 9. The molecule has 4 N–H and O–H groups in total. The maximum Gasteiger partial charge on any atom is 0.353 e. The lowest BCUT2D eigenvalue weighted by molar-refractivity contribution is -0.150. The van der Waals surface area contributed by atoms with Crippen molar-refractivity contribution in [3.05, 3.63) is 22.3 Å². The third-order valence-electron chi connectivity index (χ3n) is 3.79. The molecule has 3 rings (SSSR count). The second-order valence-electron chi connectivity index (χ2n) is 5.33. The molecule has 1 aromatic heterocycles. The number of carboxylic acids is 1. The summed E-state index contributed by atoms with van der Waals surface area (Å²) in [6.07, 6.45) is 5.33. The van der Waals surface area contributed by atoms with E-state index >= 15 is 0 Å². The molecule has 27 heavy (non-hydrogen) atoms. The van der Waals surface area contributed by atoms with E-state index in [2.05, 4.69) is 26.2 Å². The summed E-state index contributed by atoms with van der Waals surface area (Å²) in [5, 5.41) is 16.7. The second kappa shape index (κ2) is 7.29. The number of carbonyl (C=O) groups is 3. The number of thioether (sulfide) groups is 1. The number of terminal acetylenes is 1. The summed E-state index contributed by atoms with van der Waals surface area (Å²) >= 11 is 2.39. The number of nitrogens with one attached hydrogen (secondary N) is 1. The third kappa shape index (κ3) is 3.22. The Morgan fingerprint density at radius 1 is 1.59 bits per heavy atom. The van der Waals surface area contributed by atoms with Crippen molar-refractivity contribution in [2.75, 3.05) is 18.6 Å². The van der Waals surface area contributed by atoms with Crippen LogP contribution in [0, 0.1) is 12.3 Å². The van der Waals surface area contributed by atoms with Gasteiger partial charge in [-0.15, -0.1) is 29.5 Å². The number of β-lactam (4-membered cyclic amide) rings is 1. The van der Waals surface area contributed by atoms with E-state index in [1.165, 1.54) is 24.3 Å². The average Bonchev–Trinajstić information content (AvgIpc) is 3.08. The molecule has 0 aromatic carbocycles. The zero-order chi connectivity index (χ0) is 19.7. The van der Waals surface area contributed by atoms with Gasteiger partial charge in [-0.3, -0.25) is 14.5 Å². The molecule has 140 valence electrons. The minimum Gasteiger partial charge on any atom is -0.477 e. The number of hydrogen-bond donors (Lipinski definition) is 3. The molecule has 1 unspecified atom stereocenters. The molecule has 1 aromatic rings. The Kier molecular flexibility index (Phi) is 5.06. The summed E-state index contributed by atoms with van der Waals surface area (Å²) in [6, 6.07) is -0.922. The highest BCUT2D eigenvalue weighted by atomic mass is 32.2. The Morgan fingerprint density at radius 3 is 2.89 bits per heavy atom. The normalized spacial score (nSPS) is 21.9. The van der Waals surface area contributed by atoms with Crippen LogP contribution in [0.25, 0.3) is 0 Å². The average molecular weight is 407 g/mol. The predicted molar refractivity (Wildman–Crippen MR) is 98.6 cm³/mol. The quantitative estimate of drug-likeness (QED) is 0.255. The van der Waals surface area contributed by atoms with Crippen molar-refractivity contribution < 1.29 is 24.3 Å². The van der Waals surface area contributed by atoms with E-state index in [1.807, 2.05) is 0 Å². The molecular formula is C15H13N5O5S2. The monoisotopic (exact) mass is 407 g/mol. The van der Waals surface area contributed by atoms with Gasteiger partial charge in [0.15, 0.2) is 10.8 Å². The topological polar surface area (TPSA) is 147 Å². The molecule has 3 heterocycles. The lowest BCUT2D eigenvalue weighted by Gasteiger charge is -2.48. The van der Waals surface area contributed by atoms with Crippen molar-refractivity contribution >= 4 is 51.7 Å². The van der Waals surface area contributed by atoms with E-state index in [4.69, 9.17) is 12.2 Å². The molecule has 2 amide bonds. The number of aliphatic carboxylic acids is 1. The van der Waals surface area contributed by atoms with Crippen molar-refractivity contribution in [3.63, 3.8) is 0 Å². The number of nitrogens with two attached hydrogens (primary N) is 1. The summed E-state index contributed by atoms with van der Waals surface area (Å²) in [4.78, 5) is 46.2. The van der Waals surface area contributed by atoms with Crippen LogP contribution in [0.5, 0.6) is 0 Å². The minimum atomic E-state index is -1.29. The van der Waals surface area contributed by atoms with Crippen molar-refractivity contribution in [1.82, 2.24) is 15.2 Å². The van der Waals surface area contributed by atoms with E-state index in [0.717, 1.165) is 16.2 Å². The summed E-state index contributed by atoms with van der Waals surface area (Å²) in [7, 11) is 1.27. The molecule has 0 bridgehead atoms. The lowest BCUT2D eigenvalue weighted by Crippen LogP contribution is -2.71. The van der Waals surface area contributed by atoms with E-state index in [9.17, 15) is 19.5 Å². The van der Waals surface area contributed by atoms with Gasteiger partial charge in [-0.1, -0.05) is 11.1 Å². The number of aromatic nitrogens is 1. The Hall–Kier alpha value is -3.04. The van der Waals surface area contributed by atoms with Gasteiger partial charge in [-0.25, -0.2) is 9.78 Å². The van der Waals surface area contributed by atoms with Crippen molar-refractivity contribution in [2.24, 2.45) is 5.16 Å². The number of amides is 2. The van der Waals surface area contributed by atoms with Gasteiger partial charge >= 0.3 is 5.97 Å². The highest BCUT2D eigenvalue weighted by Gasteiger charge is 2.54. The number of carboxylic acid groups (broad SMARTS) is 1. The summed E-state index contributed by atoms with van der Waals surface area (Å²) in [5.41, 5.74) is 5.63. The van der Waals surface area contributed by atoms with Crippen LogP contribution in [0.3, 0.4) is 0 Å². The number of rotatable bonds is 5. The Bertz CT molecular complexity index is 931. The van der Waals surface area contributed by atoms with Crippen LogP contribution in [0.15, 0.2) is 21.8 Å². The largest absolute Gasteiger partial charge is 0.477 e. The fraction of sp³-hybridized carbons (Fsp3) is 0.267. The van der Waals surface area contributed by atoms with Gasteiger partial charge in [-0.05, 0) is 0 Å². The number of anilines is 1. The van der Waals surface area contributed by atoms with E-state index < -0.39 is 29.2 Å². The maximum absolute atomic E-state index is 12.6. The van der Waals surface area contributed by atoms with E-state index in [1.54, 1.807) is 0 Å². The SMILES string of the molecule is C#CC1=C(C(=O)O)N2C(=O)C(NC(=O)C(=NOC)c3csc(N)n3)[C@H]2SC1. The van der Waals surface area contributed by atoms with Gasteiger partial charge in [0.05, 0.1) is 0 Å². The molecule has 1 fully saturated rings. The van der Waals surface area contributed by atoms with Crippen LogP contribution in [0.2, 0.25) is 0 Å². The predicted octanol–water partition coefficient (Wildman–Crippen LogP) is -0.552. The zero-order valence-corrected chi connectivity index (χ0v) is 15.5. The van der Waals surface area contributed by atoms with Crippen LogP contribution in [0.1, 0.15) is 5.69 Å². The van der Waals surface area contributed by atoms with Gasteiger partial charge in [0.25, 0.3) is 11.8 Å². The molecule has 2 atom stereocenters. The van der Waals surface area contributed by atoms with Gasteiger partial charge in [-0.2, -0.15) is 0 Å². The first-order valence-corrected chi connectivity index (χ1v) is 9.33. The molecule has 2 aliphatic rings. The van der Waals surface area contributed by atoms with Crippen LogP contribution >= 0.6 is 23.1 Å². The lowest BCUT2D eigenvalue weighted by atomic mass is 10.0. The van der Waals surface area contributed by atoms with Gasteiger partial charge < -0.3 is 21.0 Å². The van der Waals surface area contributed by atoms with Crippen molar-refractivity contribution in [1.29, 1.82) is 0 Å².